The molecule has 28 heavy (non-hydrogen) atoms. The Kier molecular flexibility index (Phi) is 4.27. The number of sulfonamides is 1. The van der Waals surface area contributed by atoms with Crippen molar-refractivity contribution in [3.63, 3.8) is 0 Å². The van der Waals surface area contributed by atoms with Crippen LogP contribution in [0.3, 0.4) is 0 Å². The number of phenolic OH excluding ortho intramolecular Hbond substituents is 1. The number of carbonyl (C=O) groups excluding carboxylic acids is 1. The second-order valence-corrected chi connectivity index (χ2v) is 9.18. The van der Waals surface area contributed by atoms with Crippen LogP contribution < -0.4 is 9.62 Å². The summed E-state index contributed by atoms with van der Waals surface area (Å²) in [6.45, 7) is 0.385. The summed E-state index contributed by atoms with van der Waals surface area (Å²) in [4.78, 5) is 12.9. The molecule has 2 aromatic rings. The van der Waals surface area contributed by atoms with Gasteiger partial charge in [0, 0.05) is 6.54 Å². The molecule has 1 aliphatic heterocycles. The van der Waals surface area contributed by atoms with Crippen LogP contribution in [0.4, 0.5) is 11.4 Å². The molecule has 0 aromatic heterocycles. The Morgan fingerprint density at radius 2 is 1.89 bits per heavy atom. The molecule has 0 bridgehead atoms. The van der Waals surface area contributed by atoms with Gasteiger partial charge in [-0.1, -0.05) is 12.1 Å². The van der Waals surface area contributed by atoms with Crippen LogP contribution in [0.25, 0.3) is 0 Å². The number of nitrogens with zero attached hydrogens (tertiary/aromatic N) is 2. The smallest absolute Gasteiger partial charge is 0.235 e. The average molecular weight is 397 g/mol. The molecule has 1 aliphatic carbocycles. The highest BCUT2D eigenvalue weighted by Crippen LogP contribution is 2.49. The molecule has 144 valence electrons. The van der Waals surface area contributed by atoms with E-state index < -0.39 is 15.4 Å². The number of hydrogen-bond acceptors (Lipinski definition) is 5. The van der Waals surface area contributed by atoms with Gasteiger partial charge in [-0.15, -0.1) is 0 Å². The van der Waals surface area contributed by atoms with Gasteiger partial charge in [0.25, 0.3) is 0 Å². The van der Waals surface area contributed by atoms with Crippen molar-refractivity contribution in [1.82, 2.24) is 0 Å². The van der Waals surface area contributed by atoms with Crippen molar-refractivity contribution in [2.24, 2.45) is 0 Å². The first-order valence-corrected chi connectivity index (χ1v) is 10.6. The number of phenols is 1. The summed E-state index contributed by atoms with van der Waals surface area (Å²) < 4.78 is 25.6. The van der Waals surface area contributed by atoms with Crippen molar-refractivity contribution in [3.8, 4) is 11.8 Å². The Hall–Kier alpha value is -3.05. The van der Waals surface area contributed by atoms with Crippen molar-refractivity contribution in [2.75, 3.05) is 21.9 Å². The molecule has 2 aromatic carbocycles. The van der Waals surface area contributed by atoms with Crippen LogP contribution in [0.5, 0.6) is 5.75 Å². The fourth-order valence-electron chi connectivity index (χ4n) is 3.59. The first-order chi connectivity index (χ1) is 13.4. The van der Waals surface area contributed by atoms with E-state index in [4.69, 9.17) is 5.26 Å². The average Bonchev–Trinajstić information content (AvgIpc) is 3.42. The van der Waals surface area contributed by atoms with E-state index in [0.29, 0.717) is 37.1 Å². The van der Waals surface area contributed by atoms with Gasteiger partial charge in [-0.05, 0) is 55.2 Å². The second kappa shape index (κ2) is 6.53. The van der Waals surface area contributed by atoms with Gasteiger partial charge >= 0.3 is 0 Å². The standard InChI is InChI=1S/C20H19N3O4S/c21-13-14-2-4-15(5-3-14)20(8-9-20)19(25)22-17-12-16(6-7-18(17)24)23-10-1-11-28(23,26)27/h2-7,12,24H,1,8-11H2,(H,22,25). The van der Waals surface area contributed by atoms with Crippen molar-refractivity contribution in [2.45, 2.75) is 24.7 Å². The van der Waals surface area contributed by atoms with E-state index in [1.807, 2.05) is 0 Å². The highest BCUT2D eigenvalue weighted by molar-refractivity contribution is 7.93. The lowest BCUT2D eigenvalue weighted by atomic mass is 9.94. The van der Waals surface area contributed by atoms with E-state index in [1.165, 1.54) is 22.5 Å². The highest BCUT2D eigenvalue weighted by Gasteiger charge is 2.51. The molecule has 1 saturated heterocycles. The fourth-order valence-corrected chi connectivity index (χ4v) is 5.14. The van der Waals surface area contributed by atoms with Crippen molar-refractivity contribution in [3.05, 3.63) is 53.6 Å². The SMILES string of the molecule is N#Cc1ccc(C2(C(=O)Nc3cc(N4CCCS4(=O)=O)ccc3O)CC2)cc1. The van der Waals surface area contributed by atoms with Gasteiger partial charge in [-0.2, -0.15) is 5.26 Å². The summed E-state index contributed by atoms with van der Waals surface area (Å²) in [5, 5.41) is 21.8. The Labute approximate surface area is 163 Å². The molecule has 0 radical (unpaired) electrons. The van der Waals surface area contributed by atoms with Gasteiger partial charge < -0.3 is 10.4 Å². The molecular weight excluding hydrogens is 378 g/mol. The lowest BCUT2D eigenvalue weighted by molar-refractivity contribution is -0.118. The number of benzene rings is 2. The summed E-state index contributed by atoms with van der Waals surface area (Å²) >= 11 is 0. The number of nitriles is 1. The zero-order chi connectivity index (χ0) is 19.9. The van der Waals surface area contributed by atoms with Crippen molar-refractivity contribution in [1.29, 1.82) is 5.26 Å². The van der Waals surface area contributed by atoms with Crippen LogP contribution in [0, 0.1) is 11.3 Å². The summed E-state index contributed by atoms with van der Waals surface area (Å²) in [5.41, 5.74) is 1.27. The summed E-state index contributed by atoms with van der Waals surface area (Å²) in [6, 6.07) is 13.4. The maximum atomic E-state index is 12.9. The molecule has 4 rings (SSSR count). The molecule has 2 aliphatic rings. The molecule has 0 atom stereocenters. The van der Waals surface area contributed by atoms with E-state index in [-0.39, 0.29) is 23.1 Å². The monoisotopic (exact) mass is 397 g/mol. The Bertz CT molecular complexity index is 1080. The predicted molar refractivity (Wildman–Crippen MR) is 105 cm³/mol. The number of rotatable bonds is 4. The van der Waals surface area contributed by atoms with Gasteiger partial charge in [-0.25, -0.2) is 8.42 Å². The molecule has 0 unspecified atom stereocenters. The second-order valence-electron chi connectivity index (χ2n) is 7.17. The number of nitrogens with one attached hydrogen (secondary N) is 1. The van der Waals surface area contributed by atoms with Crippen LogP contribution in [-0.4, -0.2) is 31.7 Å². The largest absolute Gasteiger partial charge is 0.506 e. The number of aromatic hydroxyl groups is 1. The molecule has 1 amide bonds. The quantitative estimate of drug-likeness (QED) is 0.770. The Morgan fingerprint density at radius 1 is 1.18 bits per heavy atom. The first-order valence-electron chi connectivity index (χ1n) is 9.01. The molecule has 2 fully saturated rings. The summed E-state index contributed by atoms with van der Waals surface area (Å²) in [5.74, 6) is -0.282. The third kappa shape index (κ3) is 3.08. The number of amides is 1. The van der Waals surface area contributed by atoms with Crippen molar-refractivity contribution >= 4 is 27.3 Å². The normalized spacial score (nSPS) is 19.0. The summed E-state index contributed by atoms with van der Waals surface area (Å²) in [7, 11) is -3.35. The van der Waals surface area contributed by atoms with Gasteiger partial charge in [0.15, 0.2) is 0 Å². The van der Waals surface area contributed by atoms with Gasteiger partial charge in [0.2, 0.25) is 15.9 Å². The van der Waals surface area contributed by atoms with Gasteiger partial charge in [0.1, 0.15) is 5.75 Å². The maximum Gasteiger partial charge on any atom is 0.235 e. The number of hydrogen-bond donors (Lipinski definition) is 2. The predicted octanol–water partition coefficient (Wildman–Crippen LogP) is 2.47. The van der Waals surface area contributed by atoms with E-state index >= 15 is 0 Å². The zero-order valence-corrected chi connectivity index (χ0v) is 15.9. The summed E-state index contributed by atoms with van der Waals surface area (Å²) in [6.07, 6.45) is 1.89. The minimum atomic E-state index is -3.35. The highest BCUT2D eigenvalue weighted by atomic mass is 32.2. The molecule has 1 saturated carbocycles. The minimum absolute atomic E-state index is 0.0946. The molecule has 1 heterocycles. The van der Waals surface area contributed by atoms with Crippen molar-refractivity contribution < 1.29 is 18.3 Å². The number of carbonyl (C=O) groups is 1. The maximum absolute atomic E-state index is 12.9. The van der Waals surface area contributed by atoms with Gasteiger partial charge in [0.05, 0.1) is 34.2 Å². The third-order valence-corrected chi connectivity index (χ3v) is 7.24. The Balaban J connectivity index is 1.59. The molecule has 0 spiro atoms. The van der Waals surface area contributed by atoms with Gasteiger partial charge in [-0.3, -0.25) is 9.10 Å². The molecule has 7 nitrogen and oxygen atoms in total. The van der Waals surface area contributed by atoms with E-state index in [9.17, 15) is 18.3 Å². The lowest BCUT2D eigenvalue weighted by Gasteiger charge is -2.20. The lowest BCUT2D eigenvalue weighted by Crippen LogP contribution is -2.28. The molecule has 2 N–H and O–H groups in total. The van der Waals surface area contributed by atoms with E-state index in [2.05, 4.69) is 11.4 Å². The molecular formula is C20H19N3O4S. The molecule has 8 heteroatoms. The third-order valence-electron chi connectivity index (χ3n) is 5.37. The zero-order valence-electron chi connectivity index (χ0n) is 15.1. The van der Waals surface area contributed by atoms with Crippen LogP contribution in [0.15, 0.2) is 42.5 Å². The Morgan fingerprint density at radius 3 is 2.46 bits per heavy atom. The van der Waals surface area contributed by atoms with E-state index in [0.717, 1.165) is 5.56 Å². The van der Waals surface area contributed by atoms with Crippen LogP contribution in [0.2, 0.25) is 0 Å². The van der Waals surface area contributed by atoms with Crippen LogP contribution in [0.1, 0.15) is 30.4 Å². The van der Waals surface area contributed by atoms with E-state index in [1.54, 1.807) is 24.3 Å². The number of anilines is 2. The van der Waals surface area contributed by atoms with Crippen LogP contribution >= 0.6 is 0 Å². The topological polar surface area (TPSA) is 111 Å². The fraction of sp³-hybridized carbons (Fsp3) is 0.300. The minimum Gasteiger partial charge on any atom is -0.506 e. The first kappa shape index (κ1) is 18.3. The van der Waals surface area contributed by atoms with Crippen LogP contribution in [-0.2, 0) is 20.2 Å².